The van der Waals surface area contributed by atoms with Gasteiger partial charge < -0.3 is 14.7 Å². The number of fused-ring (bicyclic) bond motifs is 5. The lowest BCUT2D eigenvalue weighted by Crippen LogP contribution is -2.53. The normalized spacial score (nSPS) is 23.7. The Morgan fingerprint density at radius 2 is 1.48 bits per heavy atom. The van der Waals surface area contributed by atoms with Gasteiger partial charge in [-0.15, -0.1) is 0 Å². The van der Waals surface area contributed by atoms with Crippen molar-refractivity contribution >= 4 is 86.0 Å². The summed E-state index contributed by atoms with van der Waals surface area (Å²) in [6, 6.07) is 37.1. The number of aromatic hydroxyl groups is 1. The maximum absolute atomic E-state index is 15.8. The summed E-state index contributed by atoms with van der Waals surface area (Å²) in [5.74, 6) is -5.71. The summed E-state index contributed by atoms with van der Waals surface area (Å²) in [4.78, 5) is 63.8. The van der Waals surface area contributed by atoms with Crippen molar-refractivity contribution in [3.63, 3.8) is 0 Å². The lowest BCUT2D eigenvalue weighted by atomic mass is 9.48. The highest BCUT2D eigenvalue weighted by atomic mass is 35.5. The summed E-state index contributed by atoms with van der Waals surface area (Å²) in [5, 5.41) is 23.9. The van der Waals surface area contributed by atoms with E-state index < -0.39 is 52.7 Å². The molecular weight excluding hydrogens is 864 g/mol. The van der Waals surface area contributed by atoms with Crippen LogP contribution in [0.3, 0.4) is 0 Å². The van der Waals surface area contributed by atoms with Gasteiger partial charge in [-0.05, 0) is 120 Å². The molecule has 14 heteroatoms. The van der Waals surface area contributed by atoms with Crippen molar-refractivity contribution < 1.29 is 29.0 Å². The van der Waals surface area contributed by atoms with E-state index in [4.69, 9.17) is 27.9 Å². The van der Waals surface area contributed by atoms with E-state index in [1.54, 1.807) is 73.8 Å². The SMILES string of the molecule is COc1ccc(C23C(=O)N(Nc4ccc(Cl)cc4Cl)C(=O)C2CC2C(=CCC4C(=O)N(c5ccc(N=Nc6ccc(N(C)C)cc6)cc5)C(=O)C42)C3c2c(O)ccc3ccccc23)cc1. The molecule has 4 aliphatic rings. The fourth-order valence-corrected chi connectivity index (χ4v) is 11.1. The number of amides is 4. The largest absolute Gasteiger partial charge is 0.508 e. The molecule has 4 amide bonds. The fourth-order valence-electron chi connectivity index (χ4n) is 10.6. The second kappa shape index (κ2) is 16.2. The summed E-state index contributed by atoms with van der Waals surface area (Å²) >= 11 is 12.9. The quantitative estimate of drug-likeness (QED) is 0.0829. The number of methoxy groups -OCH3 is 1. The first-order valence-corrected chi connectivity index (χ1v) is 22.0. The smallest absolute Gasteiger partial charge is 0.260 e. The summed E-state index contributed by atoms with van der Waals surface area (Å²) in [6.07, 6.45) is 2.22. The topological polar surface area (TPSA) is 144 Å². The van der Waals surface area contributed by atoms with Gasteiger partial charge in [0, 0.05) is 36.3 Å². The van der Waals surface area contributed by atoms with E-state index >= 15 is 9.59 Å². The lowest BCUT2D eigenvalue weighted by molar-refractivity contribution is -0.138. The van der Waals surface area contributed by atoms with Crippen LogP contribution in [0.5, 0.6) is 11.5 Å². The molecule has 6 unspecified atom stereocenters. The molecule has 2 saturated heterocycles. The molecule has 0 aromatic heterocycles. The van der Waals surface area contributed by atoms with Crippen LogP contribution in [0.1, 0.15) is 29.9 Å². The van der Waals surface area contributed by atoms with Gasteiger partial charge in [-0.1, -0.05) is 77.3 Å². The van der Waals surface area contributed by atoms with Crippen molar-refractivity contribution in [1.82, 2.24) is 5.01 Å². The number of carbonyl (C=O) groups excluding carboxylic acids is 4. The molecule has 6 aromatic rings. The average Bonchev–Trinajstić information content (AvgIpc) is 3.70. The molecule has 0 radical (unpaired) electrons. The van der Waals surface area contributed by atoms with E-state index in [-0.39, 0.29) is 35.2 Å². The number of rotatable bonds is 9. The van der Waals surface area contributed by atoms with Gasteiger partial charge in [0.2, 0.25) is 11.8 Å². The van der Waals surface area contributed by atoms with Crippen LogP contribution in [0.15, 0.2) is 149 Å². The molecule has 2 N–H and O–H groups in total. The number of allylic oxidation sites excluding steroid dienone is 2. The summed E-state index contributed by atoms with van der Waals surface area (Å²) < 4.78 is 5.54. The van der Waals surface area contributed by atoms with Crippen LogP contribution in [-0.2, 0) is 24.6 Å². The molecule has 1 saturated carbocycles. The first-order valence-electron chi connectivity index (χ1n) is 21.2. The van der Waals surface area contributed by atoms with E-state index in [1.807, 2.05) is 79.7 Å². The van der Waals surface area contributed by atoms with Crippen LogP contribution in [0, 0.1) is 23.7 Å². The number of anilines is 3. The number of halogens is 2. The van der Waals surface area contributed by atoms with Crippen molar-refractivity contribution in [2.24, 2.45) is 33.9 Å². The zero-order valence-electron chi connectivity index (χ0n) is 35.5. The van der Waals surface area contributed by atoms with Crippen molar-refractivity contribution in [2.45, 2.75) is 24.2 Å². The van der Waals surface area contributed by atoms with E-state index in [1.165, 1.54) is 11.0 Å². The zero-order chi connectivity index (χ0) is 45.3. The number of phenols is 1. The summed E-state index contributed by atoms with van der Waals surface area (Å²) in [7, 11) is 5.46. The molecule has 2 heterocycles. The maximum Gasteiger partial charge on any atom is 0.260 e. The average molecular weight is 906 g/mol. The number of benzene rings is 6. The van der Waals surface area contributed by atoms with Crippen LogP contribution in [0.25, 0.3) is 10.8 Å². The van der Waals surface area contributed by atoms with Gasteiger partial charge >= 0.3 is 0 Å². The maximum atomic E-state index is 15.8. The van der Waals surface area contributed by atoms with Crippen LogP contribution in [-0.4, -0.2) is 54.9 Å². The van der Waals surface area contributed by atoms with Crippen LogP contribution in [0.4, 0.5) is 28.4 Å². The predicted molar refractivity (Wildman–Crippen MR) is 250 cm³/mol. The van der Waals surface area contributed by atoms with E-state index in [2.05, 4.69) is 15.7 Å². The van der Waals surface area contributed by atoms with E-state index in [9.17, 15) is 14.7 Å². The fraction of sp³-hybridized carbons (Fsp3) is 0.216. The minimum atomic E-state index is -1.66. The Bertz CT molecular complexity index is 2990. The van der Waals surface area contributed by atoms with Gasteiger partial charge in [0.15, 0.2) is 0 Å². The van der Waals surface area contributed by atoms with Crippen molar-refractivity contribution in [1.29, 1.82) is 0 Å². The molecule has 2 aliphatic carbocycles. The number of ether oxygens (including phenoxy) is 1. The lowest BCUT2D eigenvalue weighted by Gasteiger charge is -2.51. The van der Waals surface area contributed by atoms with Gasteiger partial charge in [0.05, 0.1) is 58.1 Å². The van der Waals surface area contributed by atoms with Crippen LogP contribution >= 0.6 is 23.2 Å². The highest BCUT2D eigenvalue weighted by molar-refractivity contribution is 6.36. The van der Waals surface area contributed by atoms with Crippen molar-refractivity contribution in [3.8, 4) is 11.5 Å². The predicted octanol–water partition coefficient (Wildman–Crippen LogP) is 10.5. The number of carbonyl (C=O) groups is 4. The monoisotopic (exact) mass is 904 g/mol. The Labute approximate surface area is 384 Å². The highest BCUT2D eigenvalue weighted by Crippen LogP contribution is 2.66. The molecule has 65 heavy (non-hydrogen) atoms. The molecule has 2 aliphatic heterocycles. The minimum absolute atomic E-state index is 0.0554. The van der Waals surface area contributed by atoms with Gasteiger partial charge in [0.1, 0.15) is 11.5 Å². The second-order valence-electron chi connectivity index (χ2n) is 17.1. The van der Waals surface area contributed by atoms with Crippen LogP contribution < -0.4 is 20.0 Å². The molecule has 12 nitrogen and oxygen atoms in total. The molecule has 6 aromatic carbocycles. The Balaban J connectivity index is 1.09. The third-order valence-corrected chi connectivity index (χ3v) is 14.1. The number of azo groups is 1. The number of hydrogen-bond donors (Lipinski definition) is 2. The van der Waals surface area contributed by atoms with Gasteiger partial charge in [0.25, 0.3) is 11.8 Å². The Hall–Kier alpha value is -7.02. The molecular formula is C51H42Cl2N6O6. The highest BCUT2D eigenvalue weighted by Gasteiger charge is 2.71. The molecule has 6 atom stereocenters. The second-order valence-corrected chi connectivity index (χ2v) is 17.9. The van der Waals surface area contributed by atoms with E-state index in [0.29, 0.717) is 49.9 Å². The van der Waals surface area contributed by atoms with Gasteiger partial charge in [-0.3, -0.25) is 29.5 Å². The summed E-state index contributed by atoms with van der Waals surface area (Å²) in [5.41, 5.74) is 5.94. The van der Waals surface area contributed by atoms with Crippen molar-refractivity contribution in [2.75, 3.05) is 36.4 Å². The zero-order valence-corrected chi connectivity index (χ0v) is 37.0. The number of nitrogens with zero attached hydrogens (tertiary/aromatic N) is 5. The first kappa shape index (κ1) is 42.0. The Morgan fingerprint density at radius 1 is 0.785 bits per heavy atom. The number of hydrazine groups is 1. The molecule has 10 rings (SSSR count). The van der Waals surface area contributed by atoms with Crippen LogP contribution in [0.2, 0.25) is 10.0 Å². The molecule has 3 fully saturated rings. The number of imide groups is 2. The Kier molecular flexibility index (Phi) is 10.5. The number of nitrogens with one attached hydrogen (secondary N) is 1. The molecule has 0 bridgehead atoms. The van der Waals surface area contributed by atoms with Gasteiger partial charge in [-0.2, -0.15) is 15.2 Å². The number of hydrogen-bond acceptors (Lipinski definition) is 10. The van der Waals surface area contributed by atoms with E-state index in [0.717, 1.165) is 16.1 Å². The van der Waals surface area contributed by atoms with Gasteiger partial charge in [-0.25, -0.2) is 0 Å². The first-order chi connectivity index (χ1) is 31.4. The summed E-state index contributed by atoms with van der Waals surface area (Å²) in [6.45, 7) is 0. The molecule has 326 valence electrons. The standard InChI is InChI=1S/C51H42Cl2N6O6/c1-57(2)33-16-12-31(13-17-33)54-55-32-14-18-34(19-15-32)58-47(61)38-23-22-37-39(44(38)49(58)63)27-40-48(62)59(56-42-24-11-30(52)26-41(42)53)50(64)51(40,29-9-20-35(65-3)21-10-29)46(37)45-36-7-5-4-6-28(36)8-25-43(45)60/h4-22,24-26,38-40,44,46,56,60H,23,27H2,1-3H3. The third-order valence-electron chi connectivity index (χ3n) is 13.6. The third kappa shape index (κ3) is 6.73. The molecule has 0 spiro atoms. The number of phenolic OH excluding ortho intramolecular Hbond substituents is 1. The Morgan fingerprint density at radius 3 is 2.15 bits per heavy atom. The van der Waals surface area contributed by atoms with Crippen molar-refractivity contribution in [3.05, 3.63) is 160 Å². The minimum Gasteiger partial charge on any atom is -0.508 e.